The van der Waals surface area contributed by atoms with Crippen molar-refractivity contribution in [3.05, 3.63) is 63.4 Å². The van der Waals surface area contributed by atoms with Gasteiger partial charge in [-0.1, -0.05) is 35.3 Å². The SMILES string of the molecule is O=C1N[C@@H](c2ccc(Cl)c(Cl)c2)Nc2cccc(F)c21. The van der Waals surface area contributed by atoms with Gasteiger partial charge >= 0.3 is 0 Å². The van der Waals surface area contributed by atoms with Crippen molar-refractivity contribution in [2.45, 2.75) is 6.17 Å². The fourth-order valence-corrected chi connectivity index (χ4v) is 2.44. The zero-order valence-corrected chi connectivity index (χ0v) is 11.6. The van der Waals surface area contributed by atoms with Gasteiger partial charge in [0.1, 0.15) is 12.0 Å². The molecule has 0 saturated heterocycles. The van der Waals surface area contributed by atoms with Crippen LogP contribution < -0.4 is 10.6 Å². The van der Waals surface area contributed by atoms with E-state index in [4.69, 9.17) is 23.2 Å². The van der Waals surface area contributed by atoms with E-state index in [9.17, 15) is 9.18 Å². The van der Waals surface area contributed by atoms with Crippen LogP contribution in [0.1, 0.15) is 22.1 Å². The highest BCUT2D eigenvalue weighted by molar-refractivity contribution is 6.42. The van der Waals surface area contributed by atoms with Gasteiger partial charge in [0.25, 0.3) is 5.91 Å². The number of rotatable bonds is 1. The van der Waals surface area contributed by atoms with Crippen molar-refractivity contribution in [3.63, 3.8) is 0 Å². The normalized spacial score (nSPS) is 17.1. The Bertz CT molecular complexity index is 706. The van der Waals surface area contributed by atoms with E-state index in [2.05, 4.69) is 10.6 Å². The average Bonchev–Trinajstić information content (AvgIpc) is 2.41. The fourth-order valence-electron chi connectivity index (χ4n) is 2.13. The Labute approximate surface area is 124 Å². The highest BCUT2D eigenvalue weighted by Crippen LogP contribution is 2.31. The molecule has 0 bridgehead atoms. The lowest BCUT2D eigenvalue weighted by atomic mass is 10.1. The highest BCUT2D eigenvalue weighted by Gasteiger charge is 2.27. The van der Waals surface area contributed by atoms with Crippen molar-refractivity contribution < 1.29 is 9.18 Å². The molecule has 2 aromatic rings. The summed E-state index contributed by atoms with van der Waals surface area (Å²) in [6.45, 7) is 0. The molecule has 1 heterocycles. The van der Waals surface area contributed by atoms with Crippen LogP contribution in [-0.4, -0.2) is 5.91 Å². The summed E-state index contributed by atoms with van der Waals surface area (Å²) in [6, 6.07) is 9.50. The van der Waals surface area contributed by atoms with Crippen LogP contribution in [0.3, 0.4) is 0 Å². The number of anilines is 1. The van der Waals surface area contributed by atoms with Crippen molar-refractivity contribution in [1.82, 2.24) is 5.32 Å². The summed E-state index contributed by atoms with van der Waals surface area (Å²) in [5.74, 6) is -1.02. The van der Waals surface area contributed by atoms with Gasteiger partial charge in [0.15, 0.2) is 0 Å². The molecule has 0 aliphatic carbocycles. The molecule has 1 aliphatic heterocycles. The molecule has 0 radical (unpaired) electrons. The standard InChI is InChI=1S/C14H9Cl2FN2O/c15-8-5-4-7(6-9(8)16)13-18-11-3-1-2-10(17)12(11)14(20)19-13/h1-6,13,18H,(H,19,20)/t13-/m0/s1. The van der Waals surface area contributed by atoms with Crippen LogP contribution in [-0.2, 0) is 0 Å². The minimum absolute atomic E-state index is 0.0174. The van der Waals surface area contributed by atoms with Crippen LogP contribution in [0.25, 0.3) is 0 Å². The summed E-state index contributed by atoms with van der Waals surface area (Å²) < 4.78 is 13.6. The zero-order chi connectivity index (χ0) is 14.3. The Balaban J connectivity index is 1.99. The third kappa shape index (κ3) is 2.21. The fraction of sp³-hybridized carbons (Fsp3) is 0.0714. The molecule has 3 rings (SSSR count). The van der Waals surface area contributed by atoms with E-state index in [1.807, 2.05) is 0 Å². The van der Waals surface area contributed by atoms with Crippen molar-refractivity contribution in [2.75, 3.05) is 5.32 Å². The molecule has 102 valence electrons. The maximum atomic E-state index is 13.6. The number of nitrogens with one attached hydrogen (secondary N) is 2. The van der Waals surface area contributed by atoms with Crippen molar-refractivity contribution in [3.8, 4) is 0 Å². The number of fused-ring (bicyclic) bond motifs is 1. The summed E-state index contributed by atoms with van der Waals surface area (Å²) in [7, 11) is 0. The molecule has 0 unspecified atom stereocenters. The van der Waals surface area contributed by atoms with Gasteiger partial charge in [-0.25, -0.2) is 4.39 Å². The van der Waals surface area contributed by atoms with Crippen molar-refractivity contribution in [1.29, 1.82) is 0 Å². The number of carbonyl (C=O) groups excluding carboxylic acids is 1. The van der Waals surface area contributed by atoms with Gasteiger partial charge in [0.05, 0.1) is 21.3 Å². The third-order valence-electron chi connectivity index (χ3n) is 3.09. The Hall–Kier alpha value is -1.78. The van der Waals surface area contributed by atoms with Crippen LogP contribution in [0.2, 0.25) is 10.0 Å². The van der Waals surface area contributed by atoms with E-state index in [-0.39, 0.29) is 5.56 Å². The Kier molecular flexibility index (Phi) is 3.28. The Morgan fingerprint density at radius 3 is 2.60 bits per heavy atom. The predicted molar refractivity (Wildman–Crippen MR) is 76.7 cm³/mol. The molecule has 1 amide bonds. The number of amides is 1. The predicted octanol–water partition coefficient (Wildman–Crippen LogP) is 3.99. The zero-order valence-electron chi connectivity index (χ0n) is 10.1. The van der Waals surface area contributed by atoms with Gasteiger partial charge in [-0.05, 0) is 29.8 Å². The van der Waals surface area contributed by atoms with Gasteiger partial charge in [0.2, 0.25) is 0 Å². The highest BCUT2D eigenvalue weighted by atomic mass is 35.5. The van der Waals surface area contributed by atoms with E-state index in [1.165, 1.54) is 6.07 Å². The first-order valence-electron chi connectivity index (χ1n) is 5.87. The van der Waals surface area contributed by atoms with Gasteiger partial charge in [-0.3, -0.25) is 4.79 Å². The summed E-state index contributed by atoms with van der Waals surface area (Å²) in [4.78, 5) is 12.0. The molecule has 0 aromatic heterocycles. The van der Waals surface area contributed by atoms with E-state index >= 15 is 0 Å². The van der Waals surface area contributed by atoms with Gasteiger partial charge in [-0.2, -0.15) is 0 Å². The van der Waals surface area contributed by atoms with Gasteiger partial charge < -0.3 is 10.6 Å². The van der Waals surface area contributed by atoms with Crippen LogP contribution >= 0.6 is 23.2 Å². The molecule has 1 aliphatic rings. The lowest BCUT2D eigenvalue weighted by Gasteiger charge is -2.28. The Morgan fingerprint density at radius 2 is 1.85 bits per heavy atom. The quantitative estimate of drug-likeness (QED) is 0.836. The first-order chi connectivity index (χ1) is 9.56. The maximum Gasteiger partial charge on any atom is 0.258 e. The first-order valence-corrected chi connectivity index (χ1v) is 6.63. The monoisotopic (exact) mass is 310 g/mol. The maximum absolute atomic E-state index is 13.6. The summed E-state index contributed by atoms with van der Waals surface area (Å²) in [6.07, 6.45) is -0.480. The molecule has 0 saturated carbocycles. The second-order valence-corrected chi connectivity index (χ2v) is 5.20. The molecule has 1 atom stereocenters. The number of hydrogen-bond acceptors (Lipinski definition) is 2. The number of benzene rings is 2. The van der Waals surface area contributed by atoms with Crippen LogP contribution in [0.15, 0.2) is 36.4 Å². The molecule has 0 fully saturated rings. The minimum atomic E-state index is -0.555. The molecule has 3 nitrogen and oxygen atoms in total. The Morgan fingerprint density at radius 1 is 1.05 bits per heavy atom. The average molecular weight is 311 g/mol. The summed E-state index contributed by atoms with van der Waals surface area (Å²) >= 11 is 11.8. The van der Waals surface area contributed by atoms with E-state index in [0.717, 1.165) is 5.56 Å². The minimum Gasteiger partial charge on any atom is -0.361 e. The molecule has 20 heavy (non-hydrogen) atoms. The van der Waals surface area contributed by atoms with E-state index in [1.54, 1.807) is 30.3 Å². The van der Waals surface area contributed by atoms with Gasteiger partial charge in [-0.15, -0.1) is 0 Å². The van der Waals surface area contributed by atoms with Crippen LogP contribution in [0.4, 0.5) is 10.1 Å². The lowest BCUT2D eigenvalue weighted by Crippen LogP contribution is -2.39. The van der Waals surface area contributed by atoms with Crippen LogP contribution in [0.5, 0.6) is 0 Å². The smallest absolute Gasteiger partial charge is 0.258 e. The summed E-state index contributed by atoms with van der Waals surface area (Å²) in [5, 5.41) is 6.57. The molecular weight excluding hydrogens is 302 g/mol. The number of halogens is 3. The summed E-state index contributed by atoms with van der Waals surface area (Å²) in [5.41, 5.74) is 1.20. The molecule has 6 heteroatoms. The molecule has 0 spiro atoms. The van der Waals surface area contributed by atoms with E-state index in [0.29, 0.717) is 15.7 Å². The first kappa shape index (κ1) is 13.2. The van der Waals surface area contributed by atoms with Gasteiger partial charge in [0, 0.05) is 0 Å². The number of hydrogen-bond donors (Lipinski definition) is 2. The van der Waals surface area contributed by atoms with Crippen molar-refractivity contribution in [2.24, 2.45) is 0 Å². The second-order valence-electron chi connectivity index (χ2n) is 4.39. The van der Waals surface area contributed by atoms with E-state index < -0.39 is 17.9 Å². The van der Waals surface area contributed by atoms with Crippen molar-refractivity contribution >= 4 is 34.8 Å². The third-order valence-corrected chi connectivity index (χ3v) is 3.83. The second kappa shape index (κ2) is 4.96. The largest absolute Gasteiger partial charge is 0.361 e. The number of carbonyl (C=O) groups is 1. The van der Waals surface area contributed by atoms with Crippen LogP contribution in [0, 0.1) is 5.82 Å². The topological polar surface area (TPSA) is 41.1 Å². The molecular formula is C14H9Cl2FN2O. The lowest BCUT2D eigenvalue weighted by molar-refractivity contribution is 0.0931. The molecule has 2 aromatic carbocycles. The molecule has 2 N–H and O–H groups in total.